The van der Waals surface area contributed by atoms with Crippen LogP contribution in [0.2, 0.25) is 0 Å². The number of rotatable bonds is 31. The van der Waals surface area contributed by atoms with Crippen LogP contribution in [0.1, 0.15) is 135 Å². The van der Waals surface area contributed by atoms with Gasteiger partial charge in [0, 0.05) is 18.7 Å². The number of alkyl halides is 1. The van der Waals surface area contributed by atoms with Crippen LogP contribution in [0.3, 0.4) is 0 Å². The average molecular weight is 794 g/mol. The van der Waals surface area contributed by atoms with Gasteiger partial charge in [0.2, 0.25) is 0 Å². The molecule has 1 aromatic heterocycles. The molecule has 0 bridgehead atoms. The summed E-state index contributed by atoms with van der Waals surface area (Å²) in [7, 11) is -15.8. The minimum absolute atomic E-state index is 0.142. The maximum atomic E-state index is 14.6. The Bertz CT molecular complexity index is 1370. The van der Waals surface area contributed by atoms with Crippen LogP contribution in [0.5, 0.6) is 0 Å². The second-order valence-electron chi connectivity index (χ2n) is 12.7. The molecular formula is C31H59FN3O13P3. The van der Waals surface area contributed by atoms with Crippen molar-refractivity contribution >= 4 is 23.5 Å². The molecule has 5 N–H and O–H groups in total. The van der Waals surface area contributed by atoms with E-state index in [-0.39, 0.29) is 19.6 Å². The van der Waals surface area contributed by atoms with Crippen LogP contribution in [0, 0.1) is 0 Å². The quantitative estimate of drug-likeness (QED) is 0.0420. The number of aromatic nitrogens is 2. The molecule has 0 radical (unpaired) electrons. The fraction of sp³-hybridized carbons (Fsp3) is 0.871. The van der Waals surface area contributed by atoms with Crippen molar-refractivity contribution in [2.75, 3.05) is 26.4 Å². The lowest BCUT2D eigenvalue weighted by molar-refractivity contribution is -0.0350. The highest BCUT2D eigenvalue weighted by Gasteiger charge is 2.45. The number of phosphoric acid groups is 3. The van der Waals surface area contributed by atoms with Gasteiger partial charge in [-0.1, -0.05) is 103 Å². The van der Waals surface area contributed by atoms with Gasteiger partial charge in [-0.05, 0) is 25.8 Å². The third-order valence-electron chi connectivity index (χ3n) is 8.23. The topological polar surface area (TPSA) is 228 Å². The number of nitrogens with zero attached hydrogens (tertiary/aromatic N) is 1. The molecule has 51 heavy (non-hydrogen) atoms. The molecule has 0 aliphatic carbocycles. The maximum absolute atomic E-state index is 14.6. The number of hydrogen-bond donors (Lipinski definition) is 4. The summed E-state index contributed by atoms with van der Waals surface area (Å²) in [4.78, 5) is 45.5. The van der Waals surface area contributed by atoms with Crippen molar-refractivity contribution in [2.45, 2.75) is 147 Å². The van der Waals surface area contributed by atoms with Gasteiger partial charge >= 0.3 is 29.2 Å². The largest absolute Gasteiger partial charge is 0.490 e. The highest BCUT2D eigenvalue weighted by atomic mass is 31.3. The molecule has 2 heterocycles. The van der Waals surface area contributed by atoms with Crippen LogP contribution in [0.4, 0.5) is 4.39 Å². The van der Waals surface area contributed by atoms with Crippen molar-refractivity contribution in [1.29, 1.82) is 0 Å². The minimum atomic E-state index is -5.62. The molecule has 20 heteroatoms. The lowest BCUT2D eigenvalue weighted by Gasteiger charge is -2.22. The van der Waals surface area contributed by atoms with Crippen molar-refractivity contribution in [3.63, 3.8) is 0 Å². The molecule has 0 saturated carbocycles. The van der Waals surface area contributed by atoms with Gasteiger partial charge in [-0.2, -0.15) is 8.62 Å². The molecule has 6 atom stereocenters. The van der Waals surface area contributed by atoms with Crippen LogP contribution < -0.4 is 17.0 Å². The Labute approximate surface area is 300 Å². The molecule has 298 valence electrons. The van der Waals surface area contributed by atoms with Gasteiger partial charge in [-0.3, -0.25) is 27.9 Å². The molecule has 0 amide bonds. The fourth-order valence-electron chi connectivity index (χ4n) is 5.46. The van der Waals surface area contributed by atoms with E-state index in [2.05, 4.69) is 20.1 Å². The van der Waals surface area contributed by atoms with Gasteiger partial charge in [-0.25, -0.2) is 22.9 Å². The molecule has 0 spiro atoms. The Balaban J connectivity index is 1.73. The number of H-pyrrole nitrogens is 1. The predicted molar refractivity (Wildman–Crippen MR) is 190 cm³/mol. The fourth-order valence-corrected chi connectivity index (χ4v) is 9.58. The number of halogens is 1. The monoisotopic (exact) mass is 793 g/mol. The zero-order valence-electron chi connectivity index (χ0n) is 29.8. The maximum Gasteiger partial charge on any atom is 0.490 e. The summed E-state index contributed by atoms with van der Waals surface area (Å²) < 4.78 is 83.2. The summed E-state index contributed by atoms with van der Waals surface area (Å²) >= 11 is 0. The number of aromatic amines is 1. The number of nitrogens with two attached hydrogens (primary N) is 1. The van der Waals surface area contributed by atoms with Crippen LogP contribution in [-0.4, -0.2) is 58.0 Å². The van der Waals surface area contributed by atoms with Crippen molar-refractivity contribution in [3.8, 4) is 0 Å². The molecule has 16 nitrogen and oxygen atoms in total. The van der Waals surface area contributed by atoms with Gasteiger partial charge in [-0.15, -0.1) is 0 Å². The Morgan fingerprint density at radius 1 is 0.804 bits per heavy atom. The minimum Gasteiger partial charge on any atom is -0.349 e. The first kappa shape index (κ1) is 46.1. The van der Waals surface area contributed by atoms with Gasteiger partial charge < -0.3 is 20.3 Å². The van der Waals surface area contributed by atoms with E-state index in [9.17, 15) is 37.5 Å². The summed E-state index contributed by atoms with van der Waals surface area (Å²) in [6, 6.07) is 1.03. The summed E-state index contributed by atoms with van der Waals surface area (Å²) in [5.74, 6) is 0. The highest BCUT2D eigenvalue weighted by Crippen LogP contribution is 2.69. The number of phosphoric ester groups is 2. The van der Waals surface area contributed by atoms with Crippen molar-refractivity contribution < 1.29 is 54.8 Å². The molecule has 0 aromatic carbocycles. The number of hydrogen-bond acceptors (Lipinski definition) is 12. The first-order valence-corrected chi connectivity index (χ1v) is 22.7. The Morgan fingerprint density at radius 3 is 1.82 bits per heavy atom. The highest BCUT2D eigenvalue weighted by molar-refractivity contribution is 7.67. The first-order chi connectivity index (χ1) is 24.3. The van der Waals surface area contributed by atoms with E-state index in [4.69, 9.17) is 19.5 Å². The Morgan fingerprint density at radius 2 is 1.31 bits per heavy atom. The molecule has 1 aliphatic rings. The van der Waals surface area contributed by atoms with Crippen LogP contribution >= 0.6 is 23.5 Å². The van der Waals surface area contributed by atoms with Crippen molar-refractivity contribution in [2.24, 2.45) is 5.73 Å². The van der Waals surface area contributed by atoms with Gasteiger partial charge in [0.25, 0.3) is 5.56 Å². The van der Waals surface area contributed by atoms with Crippen LogP contribution in [-0.2, 0) is 40.6 Å². The lowest BCUT2D eigenvalue weighted by Crippen LogP contribution is -2.31. The standard InChI is InChI=1S/C31H59FN3O13P3/c1-2-3-4-5-6-7-8-9-10-11-12-13-14-15-16-18-23-43-51(42,44-24-19-17-21-33)48-50(40,41)47-49(38,39)45-26-28-27(32)25-30(46-28)35-22-20-29(36)34-31(35)37/h20,22,27-28,30H,2-19,21,23-26,33H2,1H3,(H,38,39)(H,40,41)(H,34,36,37)/t27?,28-,30-,51?/m1/s1. The average Bonchev–Trinajstić information content (AvgIpc) is 3.42. The van der Waals surface area contributed by atoms with E-state index in [1.54, 1.807) is 0 Å². The Hall–Kier alpha value is -1.06. The molecule has 1 aromatic rings. The lowest BCUT2D eigenvalue weighted by atomic mass is 10.0. The van der Waals surface area contributed by atoms with E-state index in [0.29, 0.717) is 25.8 Å². The molecule has 2 rings (SSSR count). The number of nitrogens with one attached hydrogen (secondary N) is 1. The molecule has 4 unspecified atom stereocenters. The van der Waals surface area contributed by atoms with Gasteiger partial charge in [0.15, 0.2) is 0 Å². The summed E-state index contributed by atoms with van der Waals surface area (Å²) in [5.41, 5.74) is 3.93. The predicted octanol–water partition coefficient (Wildman–Crippen LogP) is 7.55. The number of ether oxygens (including phenoxy) is 1. The third-order valence-corrected chi connectivity index (χ3v) is 13.0. The second-order valence-corrected chi connectivity index (χ2v) is 17.6. The van der Waals surface area contributed by atoms with Crippen molar-refractivity contribution in [1.82, 2.24) is 9.55 Å². The van der Waals surface area contributed by atoms with Crippen LogP contribution in [0.15, 0.2) is 21.9 Å². The number of unbranched alkanes of at least 4 members (excludes halogenated alkanes) is 16. The van der Waals surface area contributed by atoms with E-state index >= 15 is 0 Å². The SMILES string of the molecule is CCCCCCCCCCCCCCCCCCOP(=O)(OCCCCN)OP(=O)(O)OP(=O)(O)OC[C@H]1O[C@@H](n2ccc(=O)[nH]c2=O)CC1F. The normalized spacial score (nSPS) is 21.3. The van der Waals surface area contributed by atoms with Crippen molar-refractivity contribution in [3.05, 3.63) is 33.1 Å². The summed E-state index contributed by atoms with van der Waals surface area (Å²) in [6.07, 6.45) is 15.6. The van der Waals surface area contributed by atoms with Gasteiger partial charge in [0.1, 0.15) is 18.5 Å². The molecular weight excluding hydrogens is 734 g/mol. The van der Waals surface area contributed by atoms with E-state index in [1.165, 1.54) is 70.6 Å². The summed E-state index contributed by atoms with van der Waals surface area (Å²) in [5, 5.41) is 0. The van der Waals surface area contributed by atoms with E-state index in [1.807, 2.05) is 4.98 Å². The molecule has 1 aliphatic heterocycles. The zero-order valence-corrected chi connectivity index (χ0v) is 32.5. The van der Waals surface area contributed by atoms with E-state index in [0.717, 1.165) is 42.5 Å². The zero-order chi connectivity index (χ0) is 37.6. The smallest absolute Gasteiger partial charge is 0.349 e. The Kier molecular flexibility index (Phi) is 22.7. The van der Waals surface area contributed by atoms with Crippen LogP contribution in [0.25, 0.3) is 0 Å². The van der Waals surface area contributed by atoms with Gasteiger partial charge in [0.05, 0.1) is 19.8 Å². The molecule has 1 fully saturated rings. The third kappa shape index (κ3) is 20.3. The van der Waals surface area contributed by atoms with E-state index < -0.39 is 59.8 Å². The molecule has 1 saturated heterocycles. The second kappa shape index (κ2) is 25.1. The summed E-state index contributed by atoms with van der Waals surface area (Å²) in [6.45, 7) is 1.25. The first-order valence-electron chi connectivity index (χ1n) is 18.2.